The number of nitrogens with one attached hydrogen (secondary N) is 1. The van der Waals surface area contributed by atoms with Crippen molar-refractivity contribution in [1.82, 2.24) is 4.98 Å². The van der Waals surface area contributed by atoms with E-state index < -0.39 is 18.3 Å². The van der Waals surface area contributed by atoms with Crippen molar-refractivity contribution in [2.24, 2.45) is 0 Å². The topological polar surface area (TPSA) is 99.5 Å². The predicted octanol–water partition coefficient (Wildman–Crippen LogP) is 2.34. The number of rotatable bonds is 3. The van der Waals surface area contributed by atoms with Crippen LogP contribution in [0.25, 0.3) is 10.2 Å². The van der Waals surface area contributed by atoms with Crippen LogP contribution < -0.4 is 5.32 Å². The summed E-state index contributed by atoms with van der Waals surface area (Å²) in [4.78, 5) is 26.2. The number of aliphatic carboxylic acids is 1. The average molecular weight is 294 g/mol. The average Bonchev–Trinajstić information content (AvgIpc) is 2.76. The van der Waals surface area contributed by atoms with Gasteiger partial charge in [-0.2, -0.15) is 0 Å². The van der Waals surface area contributed by atoms with Crippen LogP contribution in [0.15, 0.2) is 0 Å². The number of aromatic nitrogens is 1. The Bertz CT molecular complexity index is 676. The van der Waals surface area contributed by atoms with E-state index in [1.807, 2.05) is 6.92 Å². The molecule has 0 aliphatic heterocycles. The first-order valence-electron chi connectivity index (χ1n) is 5.92. The molecular weight excluding hydrogens is 280 g/mol. The number of carboxylic acids is 1. The Balaban J connectivity index is 2.44. The number of amides is 1. The van der Waals surface area contributed by atoms with Gasteiger partial charge < -0.3 is 15.5 Å². The van der Waals surface area contributed by atoms with Gasteiger partial charge in [-0.1, -0.05) is 11.3 Å². The molecule has 1 aromatic carbocycles. The zero-order valence-corrected chi connectivity index (χ0v) is 12.1. The summed E-state index contributed by atoms with van der Waals surface area (Å²) in [6.07, 6.45) is -0.599. The Kier molecular flexibility index (Phi) is 3.63. The van der Waals surface area contributed by atoms with Crippen molar-refractivity contribution in [2.75, 3.05) is 5.32 Å². The number of thiazole rings is 1. The quantitative estimate of drug-likeness (QED) is 0.754. The van der Waals surface area contributed by atoms with Crippen molar-refractivity contribution >= 4 is 38.6 Å². The molecule has 6 nitrogen and oxygen atoms in total. The van der Waals surface area contributed by atoms with Gasteiger partial charge in [-0.3, -0.25) is 9.59 Å². The third-order valence-electron chi connectivity index (χ3n) is 3.15. The first-order chi connectivity index (χ1) is 9.31. The van der Waals surface area contributed by atoms with Gasteiger partial charge in [-0.25, -0.2) is 4.98 Å². The van der Waals surface area contributed by atoms with E-state index in [-0.39, 0.29) is 5.75 Å². The van der Waals surface area contributed by atoms with E-state index in [2.05, 4.69) is 10.3 Å². The van der Waals surface area contributed by atoms with E-state index in [1.54, 1.807) is 13.8 Å². The molecule has 0 spiro atoms. The van der Waals surface area contributed by atoms with Crippen LogP contribution >= 0.6 is 11.3 Å². The van der Waals surface area contributed by atoms with Crippen LogP contribution in [0.4, 0.5) is 5.13 Å². The van der Waals surface area contributed by atoms with Crippen LogP contribution in [0.2, 0.25) is 0 Å². The molecule has 0 radical (unpaired) electrons. The van der Waals surface area contributed by atoms with Gasteiger partial charge in [0.1, 0.15) is 12.2 Å². The molecule has 1 amide bonds. The van der Waals surface area contributed by atoms with Crippen molar-refractivity contribution in [3.63, 3.8) is 0 Å². The van der Waals surface area contributed by atoms with E-state index in [9.17, 15) is 14.7 Å². The Morgan fingerprint density at radius 3 is 2.45 bits per heavy atom. The summed E-state index contributed by atoms with van der Waals surface area (Å²) < 4.78 is 0.788. The highest BCUT2D eigenvalue weighted by molar-refractivity contribution is 7.22. The maximum absolute atomic E-state index is 11.4. The number of aryl methyl sites for hydroxylation is 2. The summed E-state index contributed by atoms with van der Waals surface area (Å²) in [5.41, 5.74) is 3.02. The third kappa shape index (κ3) is 2.44. The van der Waals surface area contributed by atoms with Crippen molar-refractivity contribution in [3.05, 3.63) is 16.7 Å². The van der Waals surface area contributed by atoms with E-state index in [0.717, 1.165) is 15.8 Å². The highest BCUT2D eigenvalue weighted by Crippen LogP contribution is 2.38. The van der Waals surface area contributed by atoms with Gasteiger partial charge in [-0.15, -0.1) is 0 Å². The molecule has 0 bridgehead atoms. The molecule has 2 aromatic rings. The number of carbonyl (C=O) groups is 2. The SMILES string of the molecule is Cc1c(O)c(C)c2sc(NC(=O)CC(=O)O)nc2c1C. The number of phenolic OH excluding ortho intramolecular Hbond substituents is 1. The molecule has 106 valence electrons. The van der Waals surface area contributed by atoms with Crippen molar-refractivity contribution in [1.29, 1.82) is 0 Å². The summed E-state index contributed by atoms with van der Waals surface area (Å²) in [5, 5.41) is 21.4. The molecular formula is C13H14N2O4S. The minimum absolute atomic E-state index is 0.224. The van der Waals surface area contributed by atoms with Crippen LogP contribution in [0, 0.1) is 20.8 Å². The smallest absolute Gasteiger partial charge is 0.312 e. The van der Waals surface area contributed by atoms with Crippen LogP contribution in [0.1, 0.15) is 23.1 Å². The summed E-state index contributed by atoms with van der Waals surface area (Å²) in [6, 6.07) is 0. The molecule has 0 saturated heterocycles. The van der Waals surface area contributed by atoms with Crippen LogP contribution in [-0.4, -0.2) is 27.1 Å². The maximum atomic E-state index is 11.4. The molecule has 3 N–H and O–H groups in total. The molecule has 1 aromatic heterocycles. The van der Waals surface area contributed by atoms with E-state index in [1.165, 1.54) is 11.3 Å². The normalized spacial score (nSPS) is 10.8. The fourth-order valence-corrected chi connectivity index (χ4v) is 2.97. The highest BCUT2D eigenvalue weighted by Gasteiger charge is 2.17. The Hall–Kier alpha value is -2.15. The number of benzene rings is 1. The van der Waals surface area contributed by atoms with E-state index >= 15 is 0 Å². The number of carbonyl (C=O) groups excluding carboxylic acids is 1. The molecule has 0 aliphatic carbocycles. The number of anilines is 1. The van der Waals surface area contributed by atoms with Gasteiger partial charge in [0.25, 0.3) is 0 Å². The summed E-state index contributed by atoms with van der Waals surface area (Å²) in [7, 11) is 0. The first-order valence-corrected chi connectivity index (χ1v) is 6.73. The second-order valence-electron chi connectivity index (χ2n) is 4.54. The van der Waals surface area contributed by atoms with Crippen LogP contribution in [0.5, 0.6) is 5.75 Å². The number of carboxylic acid groups (broad SMARTS) is 1. The van der Waals surface area contributed by atoms with Crippen molar-refractivity contribution in [2.45, 2.75) is 27.2 Å². The fourth-order valence-electron chi connectivity index (χ4n) is 1.93. The zero-order chi connectivity index (χ0) is 15.0. The largest absolute Gasteiger partial charge is 0.507 e. The minimum atomic E-state index is -1.19. The number of aromatic hydroxyl groups is 1. The van der Waals surface area contributed by atoms with Crippen LogP contribution in [0.3, 0.4) is 0 Å². The number of phenols is 1. The molecule has 0 fully saturated rings. The lowest BCUT2D eigenvalue weighted by Crippen LogP contribution is -2.15. The molecule has 7 heteroatoms. The lowest BCUT2D eigenvalue weighted by molar-refractivity contribution is -0.139. The van der Waals surface area contributed by atoms with E-state index in [4.69, 9.17) is 5.11 Å². The van der Waals surface area contributed by atoms with Crippen LogP contribution in [-0.2, 0) is 9.59 Å². The summed E-state index contributed by atoms with van der Waals surface area (Å²) in [6.45, 7) is 5.43. The lowest BCUT2D eigenvalue weighted by atomic mass is 10.0. The standard InChI is InChI=1S/C13H14N2O4S/c1-5-6(2)11(19)7(3)12-10(5)15-13(20-12)14-8(16)4-9(17)18/h19H,4H2,1-3H3,(H,17,18)(H,14,15,16). The first kappa shape index (κ1) is 14.3. The fraction of sp³-hybridized carbons (Fsp3) is 0.308. The number of fused-ring (bicyclic) bond motifs is 1. The molecule has 2 rings (SSSR count). The Labute approximate surface area is 119 Å². The lowest BCUT2D eigenvalue weighted by Gasteiger charge is -2.07. The Morgan fingerprint density at radius 1 is 1.20 bits per heavy atom. The monoisotopic (exact) mass is 294 g/mol. The predicted molar refractivity (Wildman–Crippen MR) is 76.4 cm³/mol. The molecule has 0 unspecified atom stereocenters. The van der Waals surface area contributed by atoms with Gasteiger partial charge in [0.05, 0.1) is 10.2 Å². The van der Waals surface area contributed by atoms with E-state index in [0.29, 0.717) is 16.2 Å². The number of hydrogen-bond donors (Lipinski definition) is 3. The molecule has 1 heterocycles. The van der Waals surface area contributed by atoms with Gasteiger partial charge >= 0.3 is 5.97 Å². The van der Waals surface area contributed by atoms with Crippen molar-refractivity contribution < 1.29 is 19.8 Å². The second kappa shape index (κ2) is 5.09. The summed E-state index contributed by atoms with van der Waals surface area (Å²) in [5.74, 6) is -1.58. The van der Waals surface area contributed by atoms with Gasteiger partial charge in [0.15, 0.2) is 5.13 Å². The van der Waals surface area contributed by atoms with Gasteiger partial charge in [0, 0.05) is 5.56 Å². The number of hydrogen-bond acceptors (Lipinski definition) is 5. The zero-order valence-electron chi connectivity index (χ0n) is 11.3. The van der Waals surface area contributed by atoms with Gasteiger partial charge in [0.2, 0.25) is 5.91 Å². The summed E-state index contributed by atoms with van der Waals surface area (Å²) >= 11 is 1.22. The Morgan fingerprint density at radius 2 is 1.85 bits per heavy atom. The maximum Gasteiger partial charge on any atom is 0.312 e. The molecule has 0 atom stereocenters. The minimum Gasteiger partial charge on any atom is -0.507 e. The second-order valence-corrected chi connectivity index (χ2v) is 5.54. The molecule has 20 heavy (non-hydrogen) atoms. The number of nitrogens with zero attached hydrogens (tertiary/aromatic N) is 1. The van der Waals surface area contributed by atoms with Gasteiger partial charge in [-0.05, 0) is 31.9 Å². The highest BCUT2D eigenvalue weighted by atomic mass is 32.1. The van der Waals surface area contributed by atoms with Crippen molar-refractivity contribution in [3.8, 4) is 5.75 Å². The molecule has 0 aliphatic rings. The third-order valence-corrected chi connectivity index (χ3v) is 4.24. The molecule has 0 saturated carbocycles.